The first-order valence-electron chi connectivity index (χ1n) is 6.43. The lowest BCUT2D eigenvalue weighted by Crippen LogP contribution is -2.33. The van der Waals surface area contributed by atoms with E-state index in [0.717, 1.165) is 0 Å². The van der Waals surface area contributed by atoms with E-state index in [9.17, 15) is 9.59 Å². The molecule has 0 spiro atoms. The average molecular weight is 300 g/mol. The van der Waals surface area contributed by atoms with Crippen LogP contribution >= 0.6 is 11.6 Å². The van der Waals surface area contributed by atoms with Crippen LogP contribution in [-0.4, -0.2) is 41.6 Å². The highest BCUT2D eigenvalue weighted by Gasteiger charge is 2.19. The van der Waals surface area contributed by atoms with Crippen molar-refractivity contribution in [2.75, 3.05) is 19.7 Å². The lowest BCUT2D eigenvalue weighted by molar-refractivity contribution is -0.137. The average Bonchev–Trinajstić information content (AvgIpc) is 2.39. The number of benzene rings is 1. The Hall–Kier alpha value is -1.75. The molecule has 1 aromatic carbocycles. The number of carboxylic acids is 1. The molecule has 1 N–H and O–H groups in total. The fourth-order valence-corrected chi connectivity index (χ4v) is 1.91. The lowest BCUT2D eigenvalue weighted by Gasteiger charge is -2.21. The van der Waals surface area contributed by atoms with Crippen LogP contribution in [-0.2, 0) is 4.79 Å². The molecule has 0 heterocycles. The number of amides is 1. The summed E-state index contributed by atoms with van der Waals surface area (Å²) in [5, 5.41) is 9.19. The SMILES string of the molecule is CCOc1cc(Cl)ccc1C(=O)N(CC)CCC(=O)O. The molecule has 1 amide bonds. The smallest absolute Gasteiger partial charge is 0.305 e. The Morgan fingerprint density at radius 3 is 2.60 bits per heavy atom. The second kappa shape index (κ2) is 7.75. The molecule has 0 bridgehead atoms. The van der Waals surface area contributed by atoms with Crippen LogP contribution in [0.5, 0.6) is 5.75 Å². The number of hydrogen-bond acceptors (Lipinski definition) is 3. The van der Waals surface area contributed by atoms with Gasteiger partial charge in [-0.05, 0) is 32.0 Å². The van der Waals surface area contributed by atoms with Gasteiger partial charge in [-0.3, -0.25) is 9.59 Å². The van der Waals surface area contributed by atoms with Crippen molar-refractivity contribution in [1.82, 2.24) is 4.90 Å². The van der Waals surface area contributed by atoms with Gasteiger partial charge in [0.25, 0.3) is 5.91 Å². The second-order valence-electron chi connectivity index (χ2n) is 4.10. The Morgan fingerprint density at radius 2 is 2.05 bits per heavy atom. The summed E-state index contributed by atoms with van der Waals surface area (Å²) in [4.78, 5) is 24.5. The molecule has 1 rings (SSSR count). The van der Waals surface area contributed by atoms with E-state index in [4.69, 9.17) is 21.4 Å². The molecule has 0 saturated carbocycles. The predicted octanol–water partition coefficient (Wildman–Crippen LogP) is 2.68. The van der Waals surface area contributed by atoms with E-state index in [-0.39, 0.29) is 18.9 Å². The Balaban J connectivity index is 2.96. The third-order valence-corrected chi connectivity index (χ3v) is 2.97. The maximum absolute atomic E-state index is 12.4. The molecule has 0 aliphatic carbocycles. The number of carboxylic acid groups (broad SMARTS) is 1. The van der Waals surface area contributed by atoms with Gasteiger partial charge in [-0.15, -0.1) is 0 Å². The second-order valence-corrected chi connectivity index (χ2v) is 4.54. The van der Waals surface area contributed by atoms with Crippen molar-refractivity contribution < 1.29 is 19.4 Å². The number of halogens is 1. The van der Waals surface area contributed by atoms with Gasteiger partial charge in [0.05, 0.1) is 18.6 Å². The zero-order valence-corrected chi connectivity index (χ0v) is 12.3. The van der Waals surface area contributed by atoms with E-state index < -0.39 is 5.97 Å². The van der Waals surface area contributed by atoms with E-state index in [1.165, 1.54) is 4.90 Å². The van der Waals surface area contributed by atoms with Crippen LogP contribution in [0.4, 0.5) is 0 Å². The third kappa shape index (κ3) is 4.42. The summed E-state index contributed by atoms with van der Waals surface area (Å²) in [6.45, 7) is 4.63. The van der Waals surface area contributed by atoms with Crippen molar-refractivity contribution in [2.45, 2.75) is 20.3 Å². The van der Waals surface area contributed by atoms with Crippen molar-refractivity contribution >= 4 is 23.5 Å². The van der Waals surface area contributed by atoms with Gasteiger partial charge in [-0.25, -0.2) is 0 Å². The largest absolute Gasteiger partial charge is 0.493 e. The van der Waals surface area contributed by atoms with Gasteiger partial charge in [0.2, 0.25) is 0 Å². The zero-order valence-electron chi connectivity index (χ0n) is 11.6. The van der Waals surface area contributed by atoms with Gasteiger partial charge in [-0.1, -0.05) is 11.6 Å². The Labute approximate surface area is 123 Å². The highest BCUT2D eigenvalue weighted by atomic mass is 35.5. The van der Waals surface area contributed by atoms with E-state index in [0.29, 0.717) is 29.5 Å². The summed E-state index contributed by atoms with van der Waals surface area (Å²) in [6.07, 6.45) is -0.0862. The third-order valence-electron chi connectivity index (χ3n) is 2.74. The lowest BCUT2D eigenvalue weighted by atomic mass is 10.1. The molecular weight excluding hydrogens is 282 g/mol. The number of nitrogens with zero attached hydrogens (tertiary/aromatic N) is 1. The molecule has 0 aromatic heterocycles. The first kappa shape index (κ1) is 16.3. The monoisotopic (exact) mass is 299 g/mol. The number of hydrogen-bond donors (Lipinski definition) is 1. The summed E-state index contributed by atoms with van der Waals surface area (Å²) in [5.41, 5.74) is 0.392. The van der Waals surface area contributed by atoms with E-state index in [1.54, 1.807) is 25.1 Å². The molecule has 0 saturated heterocycles. The molecule has 6 heteroatoms. The summed E-state index contributed by atoms with van der Waals surface area (Å²) in [6, 6.07) is 4.80. The summed E-state index contributed by atoms with van der Waals surface area (Å²) < 4.78 is 5.41. The molecule has 20 heavy (non-hydrogen) atoms. The molecular formula is C14H18ClNO4. The van der Waals surface area contributed by atoms with Gasteiger partial charge in [-0.2, -0.15) is 0 Å². The van der Waals surface area contributed by atoms with E-state index in [2.05, 4.69) is 0 Å². The fraction of sp³-hybridized carbons (Fsp3) is 0.429. The maximum atomic E-state index is 12.4. The quantitative estimate of drug-likeness (QED) is 0.840. The van der Waals surface area contributed by atoms with Crippen molar-refractivity contribution in [3.63, 3.8) is 0 Å². The van der Waals surface area contributed by atoms with Crippen LogP contribution < -0.4 is 4.74 Å². The highest BCUT2D eigenvalue weighted by molar-refractivity contribution is 6.30. The fourth-order valence-electron chi connectivity index (χ4n) is 1.75. The van der Waals surface area contributed by atoms with Gasteiger partial charge < -0.3 is 14.7 Å². The molecule has 0 radical (unpaired) electrons. The normalized spacial score (nSPS) is 10.2. The molecule has 0 aliphatic rings. The van der Waals surface area contributed by atoms with Crippen molar-refractivity contribution in [3.8, 4) is 5.75 Å². The number of aliphatic carboxylic acids is 1. The highest BCUT2D eigenvalue weighted by Crippen LogP contribution is 2.25. The minimum absolute atomic E-state index is 0.0862. The van der Waals surface area contributed by atoms with Crippen LogP contribution in [0.15, 0.2) is 18.2 Å². The summed E-state index contributed by atoms with van der Waals surface area (Å²) in [5.74, 6) is -0.773. The number of carbonyl (C=O) groups is 2. The van der Waals surface area contributed by atoms with Gasteiger partial charge in [0, 0.05) is 18.1 Å². The first-order valence-corrected chi connectivity index (χ1v) is 6.80. The van der Waals surface area contributed by atoms with Crippen LogP contribution in [0.25, 0.3) is 0 Å². The van der Waals surface area contributed by atoms with Crippen LogP contribution in [0.1, 0.15) is 30.6 Å². The molecule has 110 valence electrons. The van der Waals surface area contributed by atoms with Crippen LogP contribution in [0.3, 0.4) is 0 Å². The maximum Gasteiger partial charge on any atom is 0.305 e. The standard InChI is InChI=1S/C14H18ClNO4/c1-3-16(8-7-13(17)18)14(19)11-6-5-10(15)9-12(11)20-4-2/h5-6,9H,3-4,7-8H2,1-2H3,(H,17,18). The van der Waals surface area contributed by atoms with Gasteiger partial charge in [0.15, 0.2) is 0 Å². The van der Waals surface area contributed by atoms with Gasteiger partial charge >= 0.3 is 5.97 Å². The molecule has 0 atom stereocenters. The first-order chi connectivity index (χ1) is 9.49. The van der Waals surface area contributed by atoms with E-state index in [1.807, 2.05) is 6.92 Å². The number of carbonyl (C=O) groups excluding carboxylic acids is 1. The van der Waals surface area contributed by atoms with Crippen molar-refractivity contribution in [1.29, 1.82) is 0 Å². The minimum atomic E-state index is -0.933. The number of rotatable bonds is 7. The van der Waals surface area contributed by atoms with E-state index >= 15 is 0 Å². The molecule has 1 aromatic rings. The summed E-state index contributed by atoms with van der Waals surface area (Å²) >= 11 is 5.89. The molecule has 0 unspecified atom stereocenters. The summed E-state index contributed by atoms with van der Waals surface area (Å²) in [7, 11) is 0. The van der Waals surface area contributed by atoms with Crippen molar-refractivity contribution in [3.05, 3.63) is 28.8 Å². The minimum Gasteiger partial charge on any atom is -0.493 e. The van der Waals surface area contributed by atoms with Gasteiger partial charge in [0.1, 0.15) is 5.75 Å². The molecule has 0 aliphatic heterocycles. The van der Waals surface area contributed by atoms with Crippen LogP contribution in [0, 0.1) is 0 Å². The topological polar surface area (TPSA) is 66.8 Å². The van der Waals surface area contributed by atoms with Crippen LogP contribution in [0.2, 0.25) is 5.02 Å². The molecule has 0 fully saturated rings. The Morgan fingerprint density at radius 1 is 1.35 bits per heavy atom. The Bertz CT molecular complexity index is 490. The Kier molecular flexibility index (Phi) is 6.31. The predicted molar refractivity (Wildman–Crippen MR) is 76.5 cm³/mol. The molecule has 5 nitrogen and oxygen atoms in total. The van der Waals surface area contributed by atoms with Crippen molar-refractivity contribution in [2.24, 2.45) is 0 Å². The zero-order chi connectivity index (χ0) is 15.1. The number of ether oxygens (including phenoxy) is 1.